The highest BCUT2D eigenvalue weighted by atomic mass is 32.1. The Morgan fingerprint density at radius 3 is 2.56 bits per heavy atom. The highest BCUT2D eigenvalue weighted by molar-refractivity contribution is 7.11. The van der Waals surface area contributed by atoms with E-state index < -0.39 is 0 Å². The lowest BCUT2D eigenvalue weighted by molar-refractivity contribution is 0.256. The summed E-state index contributed by atoms with van der Waals surface area (Å²) in [5, 5.41) is 1.16. The molecule has 2 N–H and O–H groups in total. The summed E-state index contributed by atoms with van der Waals surface area (Å²) >= 11 is 1.82. The minimum Gasteiger partial charge on any atom is -0.326 e. The van der Waals surface area contributed by atoms with Gasteiger partial charge in [0.05, 0.1) is 10.7 Å². The molecule has 0 radical (unpaired) electrons. The van der Waals surface area contributed by atoms with Gasteiger partial charge in [0.1, 0.15) is 0 Å². The van der Waals surface area contributed by atoms with Crippen molar-refractivity contribution in [1.29, 1.82) is 0 Å². The minimum absolute atomic E-state index is 0.330. The number of nitrogens with zero attached hydrogens (tertiary/aromatic N) is 2. The van der Waals surface area contributed by atoms with E-state index in [1.807, 2.05) is 11.3 Å². The molecular weight excluding hydrogens is 218 g/mol. The Morgan fingerprint density at radius 2 is 2.12 bits per heavy atom. The summed E-state index contributed by atoms with van der Waals surface area (Å²) in [6, 6.07) is 0.791. The number of likely N-dealkylation sites (tertiary alicyclic amines) is 1. The molecule has 4 heteroatoms. The van der Waals surface area contributed by atoms with Crippen molar-refractivity contribution in [3.63, 3.8) is 0 Å². The fourth-order valence-electron chi connectivity index (χ4n) is 2.45. The van der Waals surface area contributed by atoms with Crippen molar-refractivity contribution in [3.05, 3.63) is 15.6 Å². The molecule has 0 bridgehead atoms. The lowest BCUT2D eigenvalue weighted by Gasteiger charge is -2.23. The molecule has 3 nitrogen and oxygen atoms in total. The highest BCUT2D eigenvalue weighted by Gasteiger charge is 2.31. The third-order valence-electron chi connectivity index (χ3n) is 3.57. The van der Waals surface area contributed by atoms with Crippen LogP contribution in [0.4, 0.5) is 0 Å². The van der Waals surface area contributed by atoms with Crippen LogP contribution in [0.1, 0.15) is 35.5 Å². The summed E-state index contributed by atoms with van der Waals surface area (Å²) in [7, 11) is 0. The van der Waals surface area contributed by atoms with Crippen LogP contribution < -0.4 is 5.73 Å². The Bertz CT molecular complexity index is 364. The van der Waals surface area contributed by atoms with Gasteiger partial charge in [0.2, 0.25) is 0 Å². The zero-order valence-electron chi connectivity index (χ0n) is 10.5. The first-order valence-corrected chi connectivity index (χ1v) is 6.74. The Balaban J connectivity index is 2.14. The largest absolute Gasteiger partial charge is 0.326 e. The van der Waals surface area contributed by atoms with Crippen LogP contribution in [0.25, 0.3) is 0 Å². The first-order valence-electron chi connectivity index (χ1n) is 5.92. The van der Waals surface area contributed by atoms with Crippen LogP contribution in [0.3, 0.4) is 0 Å². The van der Waals surface area contributed by atoms with E-state index in [2.05, 4.69) is 37.6 Å². The van der Waals surface area contributed by atoms with Gasteiger partial charge in [-0.15, -0.1) is 11.3 Å². The maximum Gasteiger partial charge on any atom is 0.0900 e. The lowest BCUT2D eigenvalue weighted by Crippen LogP contribution is -2.29. The van der Waals surface area contributed by atoms with Crippen LogP contribution in [0.2, 0.25) is 0 Å². The number of aryl methyl sites for hydroxylation is 2. The number of nitrogens with two attached hydrogens (primary N) is 1. The van der Waals surface area contributed by atoms with Gasteiger partial charge >= 0.3 is 0 Å². The topological polar surface area (TPSA) is 42.2 Å². The van der Waals surface area contributed by atoms with Gasteiger partial charge in [0.15, 0.2) is 0 Å². The molecule has 1 aromatic heterocycles. The summed E-state index contributed by atoms with van der Waals surface area (Å²) in [4.78, 5) is 8.39. The predicted molar refractivity (Wildman–Crippen MR) is 68.7 cm³/mol. The first-order chi connectivity index (χ1) is 7.49. The SMILES string of the molecule is Cc1nc(C)c(C(C)N2CC(C)C(N)C2)s1. The van der Waals surface area contributed by atoms with Crippen LogP contribution in [-0.4, -0.2) is 29.0 Å². The fraction of sp³-hybridized carbons (Fsp3) is 0.750. The normalized spacial score (nSPS) is 28.6. The van der Waals surface area contributed by atoms with Gasteiger partial charge in [-0.1, -0.05) is 6.92 Å². The second-order valence-electron chi connectivity index (χ2n) is 4.95. The molecule has 1 aliphatic rings. The molecule has 0 aliphatic carbocycles. The van der Waals surface area contributed by atoms with Gasteiger partial charge in [0.25, 0.3) is 0 Å². The second kappa shape index (κ2) is 4.43. The van der Waals surface area contributed by atoms with Gasteiger partial charge in [-0.2, -0.15) is 0 Å². The molecule has 16 heavy (non-hydrogen) atoms. The van der Waals surface area contributed by atoms with Gasteiger partial charge < -0.3 is 5.73 Å². The molecule has 0 spiro atoms. The van der Waals surface area contributed by atoms with Gasteiger partial charge in [-0.25, -0.2) is 4.98 Å². The number of thiazole rings is 1. The van der Waals surface area contributed by atoms with Crippen molar-refractivity contribution in [2.75, 3.05) is 13.1 Å². The molecule has 1 saturated heterocycles. The van der Waals surface area contributed by atoms with Gasteiger partial charge in [-0.05, 0) is 26.7 Å². The molecule has 1 aromatic rings. The standard InChI is InChI=1S/C12H21N3S/c1-7-5-15(6-11(7)13)9(3)12-8(2)14-10(4)16-12/h7,9,11H,5-6,13H2,1-4H3. The summed E-state index contributed by atoms with van der Waals surface area (Å²) in [5.41, 5.74) is 7.26. The Kier molecular flexibility index (Phi) is 3.33. The molecule has 0 amide bonds. The van der Waals surface area contributed by atoms with Crippen molar-refractivity contribution >= 4 is 11.3 Å². The third kappa shape index (κ3) is 2.14. The van der Waals surface area contributed by atoms with E-state index >= 15 is 0 Å². The molecule has 2 rings (SSSR count). The molecule has 0 aromatic carbocycles. The smallest absolute Gasteiger partial charge is 0.0900 e. The van der Waals surface area contributed by atoms with Crippen LogP contribution in [0.5, 0.6) is 0 Å². The van der Waals surface area contributed by atoms with E-state index in [0.29, 0.717) is 18.0 Å². The van der Waals surface area contributed by atoms with Crippen LogP contribution in [-0.2, 0) is 0 Å². The molecule has 2 heterocycles. The van der Waals surface area contributed by atoms with E-state index in [1.165, 1.54) is 10.6 Å². The molecule has 3 atom stereocenters. The van der Waals surface area contributed by atoms with Crippen LogP contribution in [0, 0.1) is 19.8 Å². The predicted octanol–water partition coefficient (Wildman–Crippen LogP) is 2.10. The van der Waals surface area contributed by atoms with Gasteiger partial charge in [0, 0.05) is 30.1 Å². The average Bonchev–Trinajstić information content (AvgIpc) is 2.70. The molecule has 1 aliphatic heterocycles. The summed E-state index contributed by atoms with van der Waals surface area (Å²) < 4.78 is 0. The van der Waals surface area contributed by atoms with E-state index in [9.17, 15) is 0 Å². The molecular formula is C12H21N3S. The average molecular weight is 239 g/mol. The molecule has 1 fully saturated rings. The van der Waals surface area contributed by atoms with Crippen LogP contribution >= 0.6 is 11.3 Å². The first kappa shape index (κ1) is 12.0. The quantitative estimate of drug-likeness (QED) is 0.859. The lowest BCUT2D eigenvalue weighted by atomic mass is 10.1. The third-order valence-corrected chi connectivity index (χ3v) is 4.81. The number of aromatic nitrogens is 1. The van der Waals surface area contributed by atoms with E-state index in [1.54, 1.807) is 0 Å². The maximum absolute atomic E-state index is 6.07. The van der Waals surface area contributed by atoms with Gasteiger partial charge in [-0.3, -0.25) is 4.90 Å². The van der Waals surface area contributed by atoms with E-state index in [-0.39, 0.29) is 0 Å². The fourth-order valence-corrected chi connectivity index (χ4v) is 3.46. The molecule has 0 saturated carbocycles. The highest BCUT2D eigenvalue weighted by Crippen LogP contribution is 2.32. The monoisotopic (exact) mass is 239 g/mol. The summed E-state index contributed by atoms with van der Waals surface area (Å²) in [6.45, 7) is 10.8. The van der Waals surface area contributed by atoms with Crippen LogP contribution in [0.15, 0.2) is 0 Å². The van der Waals surface area contributed by atoms with Crippen molar-refractivity contribution in [3.8, 4) is 0 Å². The van der Waals surface area contributed by atoms with Crippen molar-refractivity contribution < 1.29 is 0 Å². The molecule has 3 unspecified atom stereocenters. The summed E-state index contributed by atoms with van der Waals surface area (Å²) in [6.07, 6.45) is 0. The van der Waals surface area contributed by atoms with Crippen molar-refractivity contribution in [2.45, 2.75) is 39.8 Å². The van der Waals surface area contributed by atoms with Crippen molar-refractivity contribution in [2.24, 2.45) is 11.7 Å². The summed E-state index contributed by atoms with van der Waals surface area (Å²) in [5.74, 6) is 0.608. The number of hydrogen-bond acceptors (Lipinski definition) is 4. The number of hydrogen-bond donors (Lipinski definition) is 1. The Morgan fingerprint density at radius 1 is 1.44 bits per heavy atom. The Hall–Kier alpha value is -0.450. The second-order valence-corrected chi connectivity index (χ2v) is 6.19. The zero-order valence-corrected chi connectivity index (χ0v) is 11.3. The van der Waals surface area contributed by atoms with E-state index in [0.717, 1.165) is 18.1 Å². The Labute approximate surface area is 102 Å². The maximum atomic E-state index is 6.07. The van der Waals surface area contributed by atoms with Crippen molar-refractivity contribution in [1.82, 2.24) is 9.88 Å². The number of rotatable bonds is 2. The van der Waals surface area contributed by atoms with E-state index in [4.69, 9.17) is 5.73 Å². The zero-order chi connectivity index (χ0) is 11.9. The molecule has 90 valence electrons. The minimum atomic E-state index is 0.330.